The van der Waals surface area contributed by atoms with Crippen molar-refractivity contribution in [3.8, 4) is 0 Å². The molecule has 0 heterocycles. The van der Waals surface area contributed by atoms with Crippen LogP contribution in [0.3, 0.4) is 0 Å². The lowest BCUT2D eigenvalue weighted by Gasteiger charge is -2.41. The summed E-state index contributed by atoms with van der Waals surface area (Å²) in [5, 5.41) is 14.4. The highest BCUT2D eigenvalue weighted by molar-refractivity contribution is 7.98. The molecule has 0 saturated heterocycles. The molecule has 0 radical (unpaired) electrons. The average Bonchev–Trinajstić information content (AvgIpc) is 2.36. The molecule has 5 nitrogen and oxygen atoms in total. The van der Waals surface area contributed by atoms with Gasteiger partial charge in [0, 0.05) is 10.6 Å². The van der Waals surface area contributed by atoms with Crippen LogP contribution in [0.15, 0.2) is 29.2 Å². The Labute approximate surface area is 122 Å². The summed E-state index contributed by atoms with van der Waals surface area (Å²) >= 11 is 1.63. The average molecular weight is 294 g/mol. The smallest absolute Gasteiger partial charge is 0.319 e. The van der Waals surface area contributed by atoms with Crippen molar-refractivity contribution in [2.24, 2.45) is 0 Å². The zero-order valence-corrected chi connectivity index (χ0v) is 12.1. The third-order valence-corrected chi connectivity index (χ3v) is 4.27. The van der Waals surface area contributed by atoms with Crippen molar-refractivity contribution in [1.29, 1.82) is 0 Å². The van der Waals surface area contributed by atoms with Crippen LogP contribution in [0.5, 0.6) is 0 Å². The Balaban J connectivity index is 1.92. The van der Waals surface area contributed by atoms with E-state index in [9.17, 15) is 9.59 Å². The van der Waals surface area contributed by atoms with Crippen molar-refractivity contribution in [1.82, 2.24) is 5.32 Å². The van der Waals surface area contributed by atoms with E-state index in [1.165, 1.54) is 0 Å². The highest BCUT2D eigenvalue weighted by Crippen LogP contribution is 2.35. The van der Waals surface area contributed by atoms with Crippen molar-refractivity contribution < 1.29 is 14.7 Å². The number of carbonyl (C=O) groups excluding carboxylic acids is 1. The topological polar surface area (TPSA) is 78.4 Å². The van der Waals surface area contributed by atoms with Crippen molar-refractivity contribution in [2.45, 2.75) is 36.1 Å². The Morgan fingerprint density at radius 3 is 2.40 bits per heavy atom. The molecule has 1 aromatic carbocycles. The molecule has 1 aliphatic rings. The normalized spacial score (nSPS) is 16.1. The molecule has 1 aliphatic carbocycles. The molecular formula is C14H18N2O3S. The molecule has 0 aliphatic heterocycles. The Morgan fingerprint density at radius 1 is 1.30 bits per heavy atom. The molecule has 2 rings (SSSR count). The summed E-state index contributed by atoms with van der Waals surface area (Å²) < 4.78 is 0. The zero-order valence-electron chi connectivity index (χ0n) is 11.3. The number of urea groups is 1. The second-order valence-corrected chi connectivity index (χ2v) is 5.89. The van der Waals surface area contributed by atoms with Gasteiger partial charge in [-0.3, -0.25) is 4.79 Å². The minimum atomic E-state index is -0.880. The van der Waals surface area contributed by atoms with Crippen LogP contribution in [0.25, 0.3) is 0 Å². The van der Waals surface area contributed by atoms with Crippen LogP contribution in [-0.2, 0) is 4.79 Å². The quantitative estimate of drug-likeness (QED) is 0.730. The maximum Gasteiger partial charge on any atom is 0.319 e. The second-order valence-electron chi connectivity index (χ2n) is 5.01. The molecule has 0 unspecified atom stereocenters. The SMILES string of the molecule is CSc1ccc(NC(=O)NC2(CC(=O)O)CCC2)cc1. The van der Waals surface area contributed by atoms with Gasteiger partial charge in [0.1, 0.15) is 0 Å². The van der Waals surface area contributed by atoms with E-state index in [4.69, 9.17) is 5.11 Å². The van der Waals surface area contributed by atoms with Crippen molar-refractivity contribution in [3.05, 3.63) is 24.3 Å². The summed E-state index contributed by atoms with van der Waals surface area (Å²) in [5.74, 6) is -0.880. The number of hydrogen-bond donors (Lipinski definition) is 3. The number of carbonyl (C=O) groups is 2. The number of nitrogens with one attached hydrogen (secondary N) is 2. The first-order valence-electron chi connectivity index (χ1n) is 6.48. The molecule has 0 spiro atoms. The van der Waals surface area contributed by atoms with E-state index in [1.807, 2.05) is 30.5 Å². The molecular weight excluding hydrogens is 276 g/mol. The predicted octanol–water partition coefficient (Wildman–Crippen LogP) is 2.93. The van der Waals surface area contributed by atoms with Crippen LogP contribution >= 0.6 is 11.8 Å². The Kier molecular flexibility index (Phi) is 4.54. The lowest BCUT2D eigenvalue weighted by Crippen LogP contribution is -2.55. The fourth-order valence-corrected chi connectivity index (χ4v) is 2.72. The Hall–Kier alpha value is -1.69. The van der Waals surface area contributed by atoms with Gasteiger partial charge < -0.3 is 15.7 Å². The summed E-state index contributed by atoms with van der Waals surface area (Å²) in [6, 6.07) is 7.17. The van der Waals surface area contributed by atoms with Crippen LogP contribution in [-0.4, -0.2) is 28.9 Å². The van der Waals surface area contributed by atoms with E-state index in [0.717, 1.165) is 24.2 Å². The fraction of sp³-hybridized carbons (Fsp3) is 0.429. The largest absolute Gasteiger partial charge is 0.481 e. The van der Waals surface area contributed by atoms with Gasteiger partial charge in [-0.05, 0) is 49.8 Å². The second kappa shape index (κ2) is 6.17. The first kappa shape index (κ1) is 14.7. The molecule has 0 aromatic heterocycles. The standard InChI is InChI=1S/C14H18N2O3S/c1-20-11-5-3-10(4-6-11)15-13(19)16-14(7-2-8-14)9-12(17)18/h3-6H,2,7-9H2,1H3,(H,17,18)(H2,15,16,19). The minimum absolute atomic E-state index is 0.0220. The lowest BCUT2D eigenvalue weighted by molar-refractivity contribution is -0.139. The number of anilines is 1. The number of rotatable bonds is 5. The summed E-state index contributed by atoms with van der Waals surface area (Å²) in [5.41, 5.74) is 0.125. The first-order chi connectivity index (χ1) is 9.53. The lowest BCUT2D eigenvalue weighted by atomic mass is 9.74. The number of carboxylic acid groups (broad SMARTS) is 1. The van der Waals surface area contributed by atoms with Gasteiger partial charge in [-0.15, -0.1) is 11.8 Å². The zero-order chi connectivity index (χ0) is 14.6. The van der Waals surface area contributed by atoms with Crippen molar-refractivity contribution >= 4 is 29.4 Å². The van der Waals surface area contributed by atoms with E-state index in [0.29, 0.717) is 5.69 Å². The van der Waals surface area contributed by atoms with Gasteiger partial charge in [-0.25, -0.2) is 4.79 Å². The van der Waals surface area contributed by atoms with E-state index >= 15 is 0 Å². The molecule has 20 heavy (non-hydrogen) atoms. The minimum Gasteiger partial charge on any atom is -0.481 e. The van der Waals surface area contributed by atoms with E-state index in [-0.39, 0.29) is 12.5 Å². The summed E-state index contributed by atoms with van der Waals surface area (Å²) in [7, 11) is 0. The molecule has 1 aromatic rings. The van der Waals surface area contributed by atoms with Crippen molar-refractivity contribution in [2.75, 3.05) is 11.6 Å². The Morgan fingerprint density at radius 2 is 1.95 bits per heavy atom. The van der Waals surface area contributed by atoms with Crippen LogP contribution in [0.2, 0.25) is 0 Å². The van der Waals surface area contributed by atoms with E-state index in [1.54, 1.807) is 11.8 Å². The van der Waals surface area contributed by atoms with E-state index < -0.39 is 11.5 Å². The van der Waals surface area contributed by atoms with Gasteiger partial charge in [0.25, 0.3) is 0 Å². The maximum absolute atomic E-state index is 11.9. The summed E-state index contributed by atoms with van der Waals surface area (Å²) in [6.07, 6.45) is 4.36. The van der Waals surface area contributed by atoms with Gasteiger partial charge in [-0.1, -0.05) is 0 Å². The highest BCUT2D eigenvalue weighted by atomic mass is 32.2. The third-order valence-electron chi connectivity index (χ3n) is 3.53. The predicted molar refractivity (Wildman–Crippen MR) is 79.2 cm³/mol. The Bertz CT molecular complexity index is 498. The molecule has 0 bridgehead atoms. The molecule has 2 amide bonds. The van der Waals surface area contributed by atoms with Crippen LogP contribution in [0, 0.1) is 0 Å². The number of amides is 2. The molecule has 0 atom stereocenters. The summed E-state index contributed by atoms with van der Waals surface area (Å²) in [6.45, 7) is 0. The number of benzene rings is 1. The van der Waals surface area contributed by atoms with Crippen LogP contribution in [0.1, 0.15) is 25.7 Å². The fourth-order valence-electron chi connectivity index (χ4n) is 2.32. The summed E-state index contributed by atoms with van der Waals surface area (Å²) in [4.78, 5) is 23.9. The first-order valence-corrected chi connectivity index (χ1v) is 7.70. The highest BCUT2D eigenvalue weighted by Gasteiger charge is 2.40. The monoisotopic (exact) mass is 294 g/mol. The number of carboxylic acids is 1. The number of hydrogen-bond acceptors (Lipinski definition) is 3. The molecule has 108 valence electrons. The van der Waals surface area contributed by atoms with Gasteiger partial charge in [0.15, 0.2) is 0 Å². The molecule has 6 heteroatoms. The van der Waals surface area contributed by atoms with E-state index in [2.05, 4.69) is 10.6 Å². The number of thioether (sulfide) groups is 1. The molecule has 3 N–H and O–H groups in total. The van der Waals surface area contributed by atoms with Gasteiger partial charge >= 0.3 is 12.0 Å². The molecule has 1 saturated carbocycles. The third kappa shape index (κ3) is 3.66. The van der Waals surface area contributed by atoms with Gasteiger partial charge in [-0.2, -0.15) is 0 Å². The molecule has 1 fully saturated rings. The van der Waals surface area contributed by atoms with Crippen LogP contribution < -0.4 is 10.6 Å². The number of aliphatic carboxylic acids is 1. The van der Waals surface area contributed by atoms with Crippen molar-refractivity contribution in [3.63, 3.8) is 0 Å². The van der Waals surface area contributed by atoms with Gasteiger partial charge in [0.05, 0.1) is 12.0 Å². The maximum atomic E-state index is 11.9. The van der Waals surface area contributed by atoms with Crippen LogP contribution in [0.4, 0.5) is 10.5 Å². The van der Waals surface area contributed by atoms with Gasteiger partial charge in [0.2, 0.25) is 0 Å².